The van der Waals surface area contributed by atoms with E-state index in [1.807, 2.05) is 12.1 Å². The van der Waals surface area contributed by atoms with E-state index in [0.29, 0.717) is 0 Å². The number of nitrogens with one attached hydrogen (secondary N) is 2. The van der Waals surface area contributed by atoms with Crippen molar-refractivity contribution in [1.29, 1.82) is 0 Å². The molecule has 0 radical (unpaired) electrons. The van der Waals surface area contributed by atoms with Gasteiger partial charge >= 0.3 is 0 Å². The van der Waals surface area contributed by atoms with Gasteiger partial charge in [0.05, 0.1) is 11.0 Å². The molecule has 4 nitrogen and oxygen atoms in total. The van der Waals surface area contributed by atoms with E-state index in [1.165, 1.54) is 0 Å². The van der Waals surface area contributed by atoms with Gasteiger partial charge in [-0.3, -0.25) is 9.99 Å². The van der Waals surface area contributed by atoms with Crippen LogP contribution < -0.4 is 10.9 Å². The van der Waals surface area contributed by atoms with E-state index in [9.17, 15) is 0 Å². The summed E-state index contributed by atoms with van der Waals surface area (Å²) in [6, 6.07) is 8.24. The molecule has 0 unspecified atom stereocenters. The maximum Gasteiger partial charge on any atom is 0.220 e. The minimum atomic E-state index is -0.182. The van der Waals surface area contributed by atoms with Crippen LogP contribution in [0.2, 0.25) is 0 Å². The SMILES string of the molecule is CC(C)(C)[C@@]1(C)NNc2nc3ccccc3n21. The first-order chi connectivity index (χ1) is 7.93. The molecule has 1 atom stereocenters. The Kier molecular flexibility index (Phi) is 1.88. The van der Waals surface area contributed by atoms with Gasteiger partial charge in [0.25, 0.3) is 0 Å². The van der Waals surface area contributed by atoms with Gasteiger partial charge in [-0.15, -0.1) is 0 Å². The number of imidazole rings is 1. The minimum absolute atomic E-state index is 0.0781. The molecular formula is C13H18N4. The lowest BCUT2D eigenvalue weighted by molar-refractivity contribution is 0.109. The highest BCUT2D eigenvalue weighted by molar-refractivity contribution is 5.79. The molecule has 4 heteroatoms. The van der Waals surface area contributed by atoms with E-state index in [4.69, 9.17) is 0 Å². The van der Waals surface area contributed by atoms with Crippen molar-refractivity contribution in [2.24, 2.45) is 5.41 Å². The highest BCUT2D eigenvalue weighted by atomic mass is 15.6. The van der Waals surface area contributed by atoms with Crippen LogP contribution in [-0.2, 0) is 5.66 Å². The summed E-state index contributed by atoms with van der Waals surface area (Å²) < 4.78 is 2.25. The van der Waals surface area contributed by atoms with Crippen LogP contribution in [0.15, 0.2) is 24.3 Å². The van der Waals surface area contributed by atoms with Crippen LogP contribution in [0.5, 0.6) is 0 Å². The summed E-state index contributed by atoms with van der Waals surface area (Å²) >= 11 is 0. The molecule has 90 valence electrons. The van der Waals surface area contributed by atoms with Crippen LogP contribution in [-0.4, -0.2) is 9.55 Å². The molecule has 1 aromatic carbocycles. The zero-order valence-electron chi connectivity index (χ0n) is 10.7. The Morgan fingerprint density at radius 2 is 1.94 bits per heavy atom. The van der Waals surface area contributed by atoms with Crippen LogP contribution in [0.1, 0.15) is 27.7 Å². The quantitative estimate of drug-likeness (QED) is 0.731. The van der Waals surface area contributed by atoms with E-state index in [-0.39, 0.29) is 11.1 Å². The smallest absolute Gasteiger partial charge is 0.220 e. The molecule has 2 N–H and O–H groups in total. The fraction of sp³-hybridized carbons (Fsp3) is 0.462. The van der Waals surface area contributed by atoms with E-state index >= 15 is 0 Å². The number of hydrazine groups is 1. The maximum absolute atomic E-state index is 4.59. The Morgan fingerprint density at radius 1 is 1.24 bits per heavy atom. The molecule has 0 fully saturated rings. The number of rotatable bonds is 0. The van der Waals surface area contributed by atoms with Crippen molar-refractivity contribution >= 4 is 17.0 Å². The van der Waals surface area contributed by atoms with Crippen molar-refractivity contribution in [3.63, 3.8) is 0 Å². The second-order valence-electron chi connectivity index (χ2n) is 5.83. The first-order valence-corrected chi connectivity index (χ1v) is 5.95. The topological polar surface area (TPSA) is 41.9 Å². The fourth-order valence-corrected chi connectivity index (χ4v) is 2.32. The Labute approximate surface area is 101 Å². The lowest BCUT2D eigenvalue weighted by Crippen LogP contribution is -2.51. The van der Waals surface area contributed by atoms with E-state index in [1.54, 1.807) is 0 Å². The van der Waals surface area contributed by atoms with Crippen molar-refractivity contribution in [3.05, 3.63) is 24.3 Å². The van der Waals surface area contributed by atoms with Gasteiger partial charge in [-0.05, 0) is 19.1 Å². The van der Waals surface area contributed by atoms with Gasteiger partial charge < -0.3 is 0 Å². The minimum Gasteiger partial charge on any atom is -0.289 e. The zero-order chi connectivity index (χ0) is 12.3. The van der Waals surface area contributed by atoms with Crippen molar-refractivity contribution in [1.82, 2.24) is 15.0 Å². The van der Waals surface area contributed by atoms with Gasteiger partial charge in [0.2, 0.25) is 5.95 Å². The largest absolute Gasteiger partial charge is 0.289 e. The Bertz CT molecular complexity index is 579. The molecule has 2 aromatic rings. The van der Waals surface area contributed by atoms with Crippen LogP contribution in [0.4, 0.5) is 5.95 Å². The van der Waals surface area contributed by atoms with E-state index in [2.05, 4.69) is 60.2 Å². The lowest BCUT2D eigenvalue weighted by atomic mass is 9.82. The standard InChI is InChI=1S/C13H18N4/c1-12(2,3)13(4)16-15-11-14-9-7-5-6-8-10(9)17(11)13/h5-8,16H,1-4H3,(H,14,15)/t13-/m0/s1. The monoisotopic (exact) mass is 230 g/mol. The summed E-state index contributed by atoms with van der Waals surface area (Å²) in [5, 5.41) is 0. The molecular weight excluding hydrogens is 212 g/mol. The number of hydrogen-bond acceptors (Lipinski definition) is 3. The molecule has 2 heterocycles. The van der Waals surface area contributed by atoms with Crippen LogP contribution >= 0.6 is 0 Å². The molecule has 0 saturated heterocycles. The first-order valence-electron chi connectivity index (χ1n) is 5.95. The molecule has 0 amide bonds. The average molecular weight is 230 g/mol. The fourth-order valence-electron chi connectivity index (χ4n) is 2.32. The van der Waals surface area contributed by atoms with Gasteiger partial charge in [0.15, 0.2) is 0 Å². The normalized spacial score (nSPS) is 23.8. The van der Waals surface area contributed by atoms with Gasteiger partial charge in [-0.2, -0.15) is 0 Å². The summed E-state index contributed by atoms with van der Waals surface area (Å²) in [6.45, 7) is 8.88. The first kappa shape index (κ1) is 10.6. The summed E-state index contributed by atoms with van der Waals surface area (Å²) in [5.74, 6) is 0.892. The zero-order valence-corrected chi connectivity index (χ0v) is 10.7. The van der Waals surface area contributed by atoms with Crippen molar-refractivity contribution in [2.75, 3.05) is 5.43 Å². The number of para-hydroxylation sites is 2. The Balaban J connectivity index is 2.32. The van der Waals surface area contributed by atoms with Crippen molar-refractivity contribution in [3.8, 4) is 0 Å². The summed E-state index contributed by atoms with van der Waals surface area (Å²) in [7, 11) is 0. The third-order valence-corrected chi connectivity index (χ3v) is 3.89. The predicted molar refractivity (Wildman–Crippen MR) is 69.6 cm³/mol. The molecule has 1 aliphatic rings. The number of hydrogen-bond donors (Lipinski definition) is 2. The highest BCUT2D eigenvalue weighted by Gasteiger charge is 2.45. The van der Waals surface area contributed by atoms with Crippen molar-refractivity contribution in [2.45, 2.75) is 33.4 Å². The van der Waals surface area contributed by atoms with Crippen molar-refractivity contribution < 1.29 is 0 Å². The number of anilines is 1. The predicted octanol–water partition coefficient (Wildman–Crippen LogP) is 2.69. The molecule has 1 aliphatic heterocycles. The maximum atomic E-state index is 4.59. The number of nitrogens with zero attached hydrogens (tertiary/aromatic N) is 2. The summed E-state index contributed by atoms with van der Waals surface area (Å²) in [5.41, 5.74) is 8.64. The summed E-state index contributed by atoms with van der Waals surface area (Å²) in [6.07, 6.45) is 0. The summed E-state index contributed by atoms with van der Waals surface area (Å²) in [4.78, 5) is 4.59. The Morgan fingerprint density at radius 3 is 2.65 bits per heavy atom. The second kappa shape index (κ2) is 3.01. The van der Waals surface area contributed by atoms with Gasteiger partial charge in [0.1, 0.15) is 5.66 Å². The van der Waals surface area contributed by atoms with E-state index < -0.39 is 0 Å². The van der Waals surface area contributed by atoms with Crippen LogP contribution in [0.3, 0.4) is 0 Å². The van der Waals surface area contributed by atoms with Crippen LogP contribution in [0.25, 0.3) is 11.0 Å². The third-order valence-electron chi connectivity index (χ3n) is 3.89. The van der Waals surface area contributed by atoms with Gasteiger partial charge in [0, 0.05) is 5.41 Å². The molecule has 3 rings (SSSR count). The molecule has 0 spiro atoms. The highest BCUT2D eigenvalue weighted by Crippen LogP contribution is 2.41. The molecule has 0 bridgehead atoms. The van der Waals surface area contributed by atoms with Crippen LogP contribution in [0, 0.1) is 5.41 Å². The number of aromatic nitrogens is 2. The van der Waals surface area contributed by atoms with Gasteiger partial charge in [-0.1, -0.05) is 32.9 Å². The third kappa shape index (κ3) is 1.24. The second-order valence-corrected chi connectivity index (χ2v) is 5.83. The van der Waals surface area contributed by atoms with E-state index in [0.717, 1.165) is 17.0 Å². The number of benzene rings is 1. The van der Waals surface area contributed by atoms with Gasteiger partial charge in [-0.25, -0.2) is 10.4 Å². The molecule has 1 aromatic heterocycles. The lowest BCUT2D eigenvalue weighted by Gasteiger charge is -2.39. The number of fused-ring (bicyclic) bond motifs is 3. The molecule has 17 heavy (non-hydrogen) atoms. The average Bonchev–Trinajstić information content (AvgIpc) is 2.76. The molecule has 0 saturated carbocycles. The Hall–Kier alpha value is -1.55. The molecule has 0 aliphatic carbocycles.